The topological polar surface area (TPSA) is 96.6 Å². The van der Waals surface area contributed by atoms with Crippen LogP contribution in [0.15, 0.2) is 23.3 Å². The van der Waals surface area contributed by atoms with Crippen molar-refractivity contribution in [2.45, 2.75) is 92.3 Å². The number of hydrogen-bond acceptors (Lipinski definition) is 6. The Morgan fingerprint density at radius 3 is 2.44 bits per heavy atom. The number of hydrogen-bond donors (Lipinski definition) is 1. The van der Waals surface area contributed by atoms with Gasteiger partial charge in [-0.05, 0) is 85.0 Å². The van der Waals surface area contributed by atoms with Crippen molar-refractivity contribution in [3.8, 4) is 6.07 Å². The third-order valence-corrected chi connectivity index (χ3v) is 13.3. The van der Waals surface area contributed by atoms with Crippen LogP contribution in [-0.2, 0) is 19.1 Å². The number of carbonyl (C=O) groups excluding carboxylic acids is 2. The molecule has 3 saturated carbocycles. The van der Waals surface area contributed by atoms with E-state index in [-0.39, 0.29) is 63.2 Å². The van der Waals surface area contributed by atoms with Gasteiger partial charge in [-0.1, -0.05) is 53.2 Å². The van der Waals surface area contributed by atoms with E-state index in [9.17, 15) is 20.0 Å². The van der Waals surface area contributed by atoms with Gasteiger partial charge < -0.3 is 14.6 Å². The highest BCUT2D eigenvalue weighted by atomic mass is 16.6. The molecule has 0 amide bonds. The largest absolute Gasteiger partial charge is 0.469 e. The molecular weight excluding hydrogens is 490 g/mol. The van der Waals surface area contributed by atoms with Gasteiger partial charge in [-0.2, -0.15) is 5.26 Å². The highest BCUT2D eigenvalue weighted by Crippen LogP contribution is 2.75. The summed E-state index contributed by atoms with van der Waals surface area (Å²) in [5, 5.41) is 21.8. The van der Waals surface area contributed by atoms with E-state index in [2.05, 4.69) is 47.6 Å². The number of nitriles is 1. The first kappa shape index (κ1) is 27.2. The number of ether oxygens (including phenoxy) is 2. The van der Waals surface area contributed by atoms with Crippen LogP contribution < -0.4 is 0 Å². The van der Waals surface area contributed by atoms with Crippen LogP contribution in [0.3, 0.4) is 0 Å². The monoisotopic (exact) mass is 535 g/mol. The molecule has 1 saturated heterocycles. The molecule has 5 aliphatic carbocycles. The zero-order valence-electron chi connectivity index (χ0n) is 24.7. The predicted molar refractivity (Wildman–Crippen MR) is 146 cm³/mol. The van der Waals surface area contributed by atoms with E-state index in [0.29, 0.717) is 13.0 Å². The molecule has 6 nitrogen and oxygen atoms in total. The highest BCUT2D eigenvalue weighted by molar-refractivity contribution is 5.95. The molecule has 6 heteroatoms. The number of carbonyl (C=O) groups is 2. The summed E-state index contributed by atoms with van der Waals surface area (Å²) in [6, 6.07) is 2.28. The van der Waals surface area contributed by atoms with Crippen molar-refractivity contribution in [1.29, 1.82) is 5.26 Å². The number of allylic oxidation sites excluding steroid dienone is 3. The van der Waals surface area contributed by atoms with Crippen molar-refractivity contribution in [2.75, 3.05) is 13.7 Å². The molecule has 0 radical (unpaired) electrons. The molecule has 4 fully saturated rings. The normalized spacial score (nSPS) is 51.6. The number of ketones is 1. The van der Waals surface area contributed by atoms with Crippen molar-refractivity contribution in [3.05, 3.63) is 23.3 Å². The first-order chi connectivity index (χ1) is 18.1. The average molecular weight is 536 g/mol. The number of methoxy groups -OCH3 is 1. The lowest BCUT2D eigenvalue weighted by Crippen LogP contribution is -2.65. The fourth-order valence-electron chi connectivity index (χ4n) is 11.3. The van der Waals surface area contributed by atoms with Crippen LogP contribution in [0.2, 0.25) is 0 Å². The molecule has 0 spiro atoms. The summed E-state index contributed by atoms with van der Waals surface area (Å²) < 4.78 is 11.2. The lowest BCUT2D eigenvalue weighted by Gasteiger charge is -2.68. The second kappa shape index (κ2) is 8.07. The summed E-state index contributed by atoms with van der Waals surface area (Å²) in [5.41, 5.74) is -0.217. The van der Waals surface area contributed by atoms with Gasteiger partial charge in [-0.15, -0.1) is 0 Å². The Labute approximate surface area is 233 Å². The van der Waals surface area contributed by atoms with Gasteiger partial charge in [0.1, 0.15) is 6.07 Å². The summed E-state index contributed by atoms with van der Waals surface area (Å²) in [7, 11) is 1.48. The van der Waals surface area contributed by atoms with Crippen molar-refractivity contribution in [3.63, 3.8) is 0 Å². The van der Waals surface area contributed by atoms with Crippen LogP contribution in [0.4, 0.5) is 0 Å². The molecule has 0 aromatic rings. The maximum absolute atomic E-state index is 14.4. The Hall–Kier alpha value is -1.97. The van der Waals surface area contributed by atoms with Crippen molar-refractivity contribution in [1.82, 2.24) is 0 Å². The summed E-state index contributed by atoms with van der Waals surface area (Å²) in [5.74, 6) is -1.43. The minimum atomic E-state index is -1.57. The molecule has 212 valence electrons. The van der Waals surface area contributed by atoms with Gasteiger partial charge in [0.25, 0.3) is 0 Å². The second-order valence-corrected chi connectivity index (χ2v) is 15.5. The molecule has 1 aliphatic heterocycles. The van der Waals surface area contributed by atoms with Crippen LogP contribution in [-0.4, -0.2) is 36.4 Å². The summed E-state index contributed by atoms with van der Waals surface area (Å²) in [6.07, 6.45) is 10.00. The van der Waals surface area contributed by atoms with Crippen LogP contribution in [0.5, 0.6) is 0 Å². The Morgan fingerprint density at radius 2 is 1.77 bits per heavy atom. The fraction of sp³-hybridized carbons (Fsp3) is 0.788. The van der Waals surface area contributed by atoms with Gasteiger partial charge in [-0.25, -0.2) is 0 Å². The molecule has 6 rings (SSSR count). The van der Waals surface area contributed by atoms with E-state index in [1.165, 1.54) is 7.11 Å². The third kappa shape index (κ3) is 3.15. The molecule has 2 unspecified atom stereocenters. The lowest BCUT2D eigenvalue weighted by molar-refractivity contribution is -0.229. The van der Waals surface area contributed by atoms with E-state index in [1.54, 1.807) is 0 Å². The molecule has 1 heterocycles. The first-order valence-corrected chi connectivity index (χ1v) is 15.0. The smallest absolute Gasteiger partial charge is 0.308 e. The van der Waals surface area contributed by atoms with Crippen LogP contribution in [0.1, 0.15) is 86.5 Å². The highest BCUT2D eigenvalue weighted by Gasteiger charge is 2.72. The van der Waals surface area contributed by atoms with E-state index < -0.39 is 16.6 Å². The molecular formula is C33H45NO5. The molecule has 10 atom stereocenters. The number of rotatable bonds is 1. The molecule has 1 N–H and O–H groups in total. The van der Waals surface area contributed by atoms with Gasteiger partial charge in [0.05, 0.1) is 25.2 Å². The Morgan fingerprint density at radius 1 is 1.05 bits per heavy atom. The zero-order chi connectivity index (χ0) is 28.4. The molecule has 39 heavy (non-hydrogen) atoms. The minimum Gasteiger partial charge on any atom is -0.469 e. The quantitative estimate of drug-likeness (QED) is 0.429. The maximum Gasteiger partial charge on any atom is 0.308 e. The van der Waals surface area contributed by atoms with Gasteiger partial charge >= 0.3 is 5.97 Å². The number of esters is 1. The summed E-state index contributed by atoms with van der Waals surface area (Å²) in [6.45, 7) is 13.9. The van der Waals surface area contributed by atoms with E-state index in [0.717, 1.165) is 44.1 Å². The maximum atomic E-state index is 14.4. The van der Waals surface area contributed by atoms with E-state index in [4.69, 9.17) is 9.47 Å². The van der Waals surface area contributed by atoms with Crippen LogP contribution in [0.25, 0.3) is 0 Å². The Kier molecular flexibility index (Phi) is 5.63. The molecule has 0 aromatic carbocycles. The first-order valence-electron chi connectivity index (χ1n) is 15.0. The minimum absolute atomic E-state index is 0.0393. The summed E-state index contributed by atoms with van der Waals surface area (Å²) in [4.78, 5) is 27.4. The van der Waals surface area contributed by atoms with Crippen LogP contribution in [0, 0.1) is 68.0 Å². The van der Waals surface area contributed by atoms with Gasteiger partial charge in [-0.3, -0.25) is 9.59 Å². The predicted octanol–water partition coefficient (Wildman–Crippen LogP) is 5.75. The fourth-order valence-corrected chi connectivity index (χ4v) is 11.3. The Bertz CT molecular complexity index is 1240. The van der Waals surface area contributed by atoms with Gasteiger partial charge in [0, 0.05) is 16.7 Å². The number of fused-ring (bicyclic) bond motifs is 9. The molecule has 6 aliphatic rings. The van der Waals surface area contributed by atoms with Gasteiger partial charge in [0.15, 0.2) is 5.78 Å². The van der Waals surface area contributed by atoms with E-state index >= 15 is 0 Å². The number of nitrogens with zero attached hydrogens (tertiary/aromatic N) is 1. The second-order valence-electron chi connectivity index (χ2n) is 15.5. The lowest BCUT2D eigenvalue weighted by atomic mass is 9.35. The third-order valence-electron chi connectivity index (χ3n) is 13.3. The standard InChI is InChI=1S/C33H45NO5/c1-28(2)16-21-20(22(17-28)27(36)38-7)8-10-32(6)26(21)23(35)14-25-29(3)15-19(18-34)33(37)31(5,12-13-39-33)24(29)9-11-30(25,32)4/h14-15,20-22,24,26,37H,8-13,16-17H2,1-7H3/t20?,21-,22-,24-,26+,29+,30-,31+,32-,33?/m1/s1. The van der Waals surface area contributed by atoms with Gasteiger partial charge in [0.2, 0.25) is 5.79 Å². The SMILES string of the molecule is COC(=O)[C@@H]1CC(C)(C)C[C@@H]2C1CC[C@]1(C)[C@@H]2C(=O)C=C2[C@@]3(C)C=C(C#N)C4(O)OCC[C@@]4(C)[C@@H]3CC[C@]21C. The number of aliphatic hydroxyl groups is 1. The molecule has 0 aromatic heterocycles. The van der Waals surface area contributed by atoms with Crippen molar-refractivity contribution in [2.24, 2.45) is 56.7 Å². The zero-order valence-corrected chi connectivity index (χ0v) is 24.7. The van der Waals surface area contributed by atoms with Crippen molar-refractivity contribution >= 4 is 11.8 Å². The summed E-state index contributed by atoms with van der Waals surface area (Å²) >= 11 is 0. The van der Waals surface area contributed by atoms with E-state index in [1.807, 2.05) is 12.2 Å². The Balaban J connectivity index is 1.49. The molecule has 0 bridgehead atoms. The van der Waals surface area contributed by atoms with Crippen molar-refractivity contribution < 1.29 is 24.2 Å². The average Bonchev–Trinajstić information content (AvgIpc) is 3.18. The van der Waals surface area contributed by atoms with Crippen LogP contribution >= 0.6 is 0 Å².